The van der Waals surface area contributed by atoms with Gasteiger partial charge in [-0.3, -0.25) is 4.79 Å². The van der Waals surface area contributed by atoms with Crippen LogP contribution in [0.4, 0.5) is 5.69 Å². The van der Waals surface area contributed by atoms with Crippen molar-refractivity contribution in [2.45, 2.75) is 39.1 Å². The topological polar surface area (TPSA) is 69.0 Å². The maximum absolute atomic E-state index is 12.2. The predicted octanol–water partition coefficient (Wildman–Crippen LogP) is 4.99. The Morgan fingerprint density at radius 1 is 1.14 bits per heavy atom. The van der Waals surface area contributed by atoms with E-state index >= 15 is 0 Å². The Labute approximate surface area is 183 Å². The molecule has 0 saturated heterocycles. The third-order valence-electron chi connectivity index (χ3n) is 4.13. The minimum atomic E-state index is -0.0870. The van der Waals surface area contributed by atoms with E-state index in [0.717, 1.165) is 32.9 Å². The summed E-state index contributed by atoms with van der Waals surface area (Å²) < 4.78 is 8.85. The number of rotatable bonds is 8. The normalized spacial score (nSPS) is 10.8. The Morgan fingerprint density at radius 3 is 2.48 bits per heavy atom. The number of aryl methyl sites for hydroxylation is 2. The standard InChI is InChI=1S/C21H23BrN4O2S/c1-4-26-19(12-28-18-10-14(2)9-15(3)11-18)24-25-21(26)29-13-20(27)23-17-7-5-16(22)6-8-17/h5-11H,4,12-13H2,1-3H3,(H,23,27). The number of amides is 1. The summed E-state index contributed by atoms with van der Waals surface area (Å²) in [6, 6.07) is 13.6. The van der Waals surface area contributed by atoms with Gasteiger partial charge < -0.3 is 14.6 Å². The molecule has 1 amide bonds. The Hall–Kier alpha value is -2.32. The first-order valence-corrected chi connectivity index (χ1v) is 11.0. The van der Waals surface area contributed by atoms with Crippen LogP contribution in [0.5, 0.6) is 5.75 Å². The van der Waals surface area contributed by atoms with Crippen LogP contribution in [0.2, 0.25) is 0 Å². The Balaban J connectivity index is 1.58. The molecule has 2 aromatic carbocycles. The van der Waals surface area contributed by atoms with Crippen molar-refractivity contribution >= 4 is 39.3 Å². The lowest BCUT2D eigenvalue weighted by atomic mass is 10.1. The highest BCUT2D eigenvalue weighted by Crippen LogP contribution is 2.21. The first-order valence-electron chi connectivity index (χ1n) is 9.26. The highest BCUT2D eigenvalue weighted by molar-refractivity contribution is 9.10. The largest absolute Gasteiger partial charge is 0.486 e. The SMILES string of the molecule is CCn1c(COc2cc(C)cc(C)c2)nnc1SCC(=O)Nc1ccc(Br)cc1. The predicted molar refractivity (Wildman–Crippen MR) is 119 cm³/mol. The molecular formula is C21H23BrN4O2S. The maximum atomic E-state index is 12.2. The maximum Gasteiger partial charge on any atom is 0.234 e. The van der Waals surface area contributed by atoms with Crippen LogP contribution in [-0.2, 0) is 17.9 Å². The van der Waals surface area contributed by atoms with E-state index in [2.05, 4.69) is 37.5 Å². The smallest absolute Gasteiger partial charge is 0.234 e. The summed E-state index contributed by atoms with van der Waals surface area (Å²) >= 11 is 4.74. The van der Waals surface area contributed by atoms with Gasteiger partial charge >= 0.3 is 0 Å². The minimum Gasteiger partial charge on any atom is -0.486 e. The monoisotopic (exact) mass is 474 g/mol. The molecule has 3 aromatic rings. The summed E-state index contributed by atoms with van der Waals surface area (Å²) in [5.41, 5.74) is 3.08. The Kier molecular flexibility index (Phi) is 7.33. The molecule has 0 bridgehead atoms. The van der Waals surface area contributed by atoms with Gasteiger partial charge in [0.25, 0.3) is 0 Å². The molecular weight excluding hydrogens is 452 g/mol. The van der Waals surface area contributed by atoms with Crippen LogP contribution in [-0.4, -0.2) is 26.4 Å². The summed E-state index contributed by atoms with van der Waals surface area (Å²) in [6.07, 6.45) is 0. The second-order valence-corrected chi connectivity index (χ2v) is 8.46. The van der Waals surface area contributed by atoms with Gasteiger partial charge in [-0.1, -0.05) is 33.8 Å². The summed E-state index contributed by atoms with van der Waals surface area (Å²) in [5, 5.41) is 12.1. The number of carbonyl (C=O) groups is 1. The van der Waals surface area contributed by atoms with E-state index in [1.54, 1.807) is 0 Å². The number of hydrogen-bond donors (Lipinski definition) is 1. The molecule has 0 aliphatic carbocycles. The van der Waals surface area contributed by atoms with Crippen LogP contribution in [0, 0.1) is 13.8 Å². The van der Waals surface area contributed by atoms with Crippen LogP contribution in [0.25, 0.3) is 0 Å². The third kappa shape index (κ3) is 6.08. The van der Waals surface area contributed by atoms with E-state index in [1.807, 2.05) is 61.7 Å². The number of nitrogens with one attached hydrogen (secondary N) is 1. The average molecular weight is 475 g/mol. The summed E-state index contributed by atoms with van der Waals surface area (Å²) in [7, 11) is 0. The van der Waals surface area contributed by atoms with Crippen molar-refractivity contribution in [2.75, 3.05) is 11.1 Å². The van der Waals surface area contributed by atoms with Crippen LogP contribution in [0.3, 0.4) is 0 Å². The molecule has 6 nitrogen and oxygen atoms in total. The van der Waals surface area contributed by atoms with E-state index in [-0.39, 0.29) is 11.7 Å². The van der Waals surface area contributed by atoms with Crippen LogP contribution >= 0.6 is 27.7 Å². The van der Waals surface area contributed by atoms with E-state index < -0.39 is 0 Å². The van der Waals surface area contributed by atoms with E-state index in [0.29, 0.717) is 18.3 Å². The molecule has 0 radical (unpaired) electrons. The summed E-state index contributed by atoms with van der Waals surface area (Å²) in [5.74, 6) is 1.72. The van der Waals surface area contributed by atoms with Gasteiger partial charge in [-0.2, -0.15) is 0 Å². The van der Waals surface area contributed by atoms with Crippen molar-refractivity contribution in [3.8, 4) is 5.75 Å². The zero-order chi connectivity index (χ0) is 20.8. The summed E-state index contributed by atoms with van der Waals surface area (Å²) in [6.45, 7) is 7.14. The molecule has 0 saturated carbocycles. The minimum absolute atomic E-state index is 0.0870. The fourth-order valence-corrected chi connectivity index (χ4v) is 3.96. The van der Waals surface area contributed by atoms with Gasteiger partial charge in [-0.05, 0) is 68.3 Å². The highest BCUT2D eigenvalue weighted by Gasteiger charge is 2.14. The molecule has 152 valence electrons. The van der Waals surface area contributed by atoms with E-state index in [1.165, 1.54) is 11.8 Å². The molecule has 3 rings (SSSR count). The van der Waals surface area contributed by atoms with Gasteiger partial charge in [0.15, 0.2) is 11.0 Å². The second-order valence-electron chi connectivity index (χ2n) is 6.60. The van der Waals surface area contributed by atoms with Crippen LogP contribution in [0.15, 0.2) is 52.1 Å². The number of anilines is 1. The molecule has 0 atom stereocenters. The van der Waals surface area contributed by atoms with Gasteiger partial charge in [0.2, 0.25) is 5.91 Å². The molecule has 1 N–H and O–H groups in total. The lowest BCUT2D eigenvalue weighted by molar-refractivity contribution is -0.113. The zero-order valence-corrected chi connectivity index (χ0v) is 19.0. The molecule has 0 spiro atoms. The van der Waals surface area contributed by atoms with E-state index in [4.69, 9.17) is 4.74 Å². The molecule has 29 heavy (non-hydrogen) atoms. The van der Waals surface area contributed by atoms with Crippen LogP contribution in [0.1, 0.15) is 23.9 Å². The van der Waals surface area contributed by atoms with Crippen molar-refractivity contribution in [3.05, 3.63) is 63.9 Å². The number of halogens is 1. The third-order valence-corrected chi connectivity index (χ3v) is 5.63. The van der Waals surface area contributed by atoms with Gasteiger partial charge in [0.05, 0.1) is 5.75 Å². The zero-order valence-electron chi connectivity index (χ0n) is 16.6. The molecule has 1 heterocycles. The number of nitrogens with zero attached hydrogens (tertiary/aromatic N) is 3. The van der Waals surface area contributed by atoms with E-state index in [9.17, 15) is 4.79 Å². The number of thioether (sulfide) groups is 1. The number of ether oxygens (including phenoxy) is 1. The summed E-state index contributed by atoms with van der Waals surface area (Å²) in [4.78, 5) is 12.2. The first-order chi connectivity index (χ1) is 13.9. The first kappa shape index (κ1) is 21.4. The van der Waals surface area contributed by atoms with Gasteiger partial charge in [0, 0.05) is 16.7 Å². The van der Waals surface area contributed by atoms with Gasteiger partial charge in [0.1, 0.15) is 12.4 Å². The Morgan fingerprint density at radius 2 is 1.83 bits per heavy atom. The van der Waals surface area contributed by atoms with Crippen molar-refractivity contribution in [1.82, 2.24) is 14.8 Å². The average Bonchev–Trinajstić information content (AvgIpc) is 3.07. The number of carbonyl (C=O) groups excluding carboxylic acids is 1. The lowest BCUT2D eigenvalue weighted by Crippen LogP contribution is -2.14. The number of benzene rings is 2. The molecule has 0 aliphatic heterocycles. The lowest BCUT2D eigenvalue weighted by Gasteiger charge is -2.10. The highest BCUT2D eigenvalue weighted by atomic mass is 79.9. The van der Waals surface area contributed by atoms with Gasteiger partial charge in [-0.15, -0.1) is 10.2 Å². The van der Waals surface area contributed by atoms with Crippen LogP contribution < -0.4 is 10.1 Å². The van der Waals surface area contributed by atoms with Crippen molar-refractivity contribution < 1.29 is 9.53 Å². The molecule has 0 aliphatic rings. The molecule has 1 aromatic heterocycles. The van der Waals surface area contributed by atoms with Crippen molar-refractivity contribution in [2.24, 2.45) is 0 Å². The van der Waals surface area contributed by atoms with Gasteiger partial charge in [-0.25, -0.2) is 0 Å². The Bertz CT molecular complexity index is 969. The fourth-order valence-electron chi connectivity index (χ4n) is 2.87. The molecule has 8 heteroatoms. The van der Waals surface area contributed by atoms with Crippen molar-refractivity contribution in [3.63, 3.8) is 0 Å². The molecule has 0 fully saturated rings. The quantitative estimate of drug-likeness (QED) is 0.465. The number of hydrogen-bond acceptors (Lipinski definition) is 5. The van der Waals surface area contributed by atoms with Crippen molar-refractivity contribution in [1.29, 1.82) is 0 Å². The second kappa shape index (κ2) is 9.93. The number of aromatic nitrogens is 3. The fraction of sp³-hybridized carbons (Fsp3) is 0.286. The molecule has 0 unspecified atom stereocenters.